The number of aromatic nitrogens is 2. The van der Waals surface area contributed by atoms with Gasteiger partial charge in [-0.05, 0) is 38.0 Å². The fourth-order valence-electron chi connectivity index (χ4n) is 4.48. The fourth-order valence-corrected chi connectivity index (χ4v) is 4.48. The molecule has 4 rings (SSSR count). The number of rotatable bonds is 6. The van der Waals surface area contributed by atoms with Crippen LogP contribution < -0.4 is 11.3 Å². The van der Waals surface area contributed by atoms with Gasteiger partial charge in [0.2, 0.25) is 0 Å². The van der Waals surface area contributed by atoms with Gasteiger partial charge in [-0.3, -0.25) is 14.4 Å². The van der Waals surface area contributed by atoms with E-state index in [9.17, 15) is 14.4 Å². The number of pyridine rings is 2. The number of Topliss-reactive ketones (excluding diaryl/α,β-unsaturated/α-hetero) is 1. The Kier molecular flexibility index (Phi) is 5.23. The normalized spacial score (nSPS) is 14.1. The summed E-state index contributed by atoms with van der Waals surface area (Å²) in [5.41, 5.74) is 7.69. The molecule has 3 aromatic rings. The number of fused-ring (bicyclic) bond motifs is 4. The molecule has 0 fully saturated rings. The van der Waals surface area contributed by atoms with Crippen LogP contribution in [0.2, 0.25) is 0 Å². The minimum atomic E-state index is -1.56. The topological polar surface area (TPSA) is 104 Å². The number of ether oxygens (including phenoxy) is 1. The summed E-state index contributed by atoms with van der Waals surface area (Å²) in [6, 6.07) is 11.6. The second-order valence-electron chi connectivity index (χ2n) is 7.77. The zero-order chi connectivity index (χ0) is 22.3. The lowest BCUT2D eigenvalue weighted by molar-refractivity contribution is -0.167. The van der Waals surface area contributed by atoms with Crippen molar-refractivity contribution in [3.05, 3.63) is 63.4 Å². The van der Waals surface area contributed by atoms with Crippen molar-refractivity contribution in [3.63, 3.8) is 0 Å². The van der Waals surface area contributed by atoms with Crippen LogP contribution >= 0.6 is 0 Å². The molecule has 1 aromatic carbocycles. The smallest absolute Gasteiger partial charge is 0.321 e. The van der Waals surface area contributed by atoms with Gasteiger partial charge >= 0.3 is 5.97 Å². The molecule has 0 saturated heterocycles. The van der Waals surface area contributed by atoms with Crippen molar-refractivity contribution in [3.8, 4) is 11.4 Å². The first-order valence-electron chi connectivity index (χ1n) is 10.5. The van der Waals surface area contributed by atoms with Gasteiger partial charge in [0.15, 0.2) is 11.4 Å². The summed E-state index contributed by atoms with van der Waals surface area (Å²) in [4.78, 5) is 43.2. The van der Waals surface area contributed by atoms with Crippen molar-refractivity contribution in [2.45, 2.75) is 45.8 Å². The maximum Gasteiger partial charge on any atom is 0.321 e. The molecule has 2 N–H and O–H groups in total. The summed E-state index contributed by atoms with van der Waals surface area (Å²) >= 11 is 0. The number of benzene rings is 1. The molecule has 0 spiro atoms. The van der Waals surface area contributed by atoms with Crippen molar-refractivity contribution in [1.82, 2.24) is 9.55 Å². The van der Waals surface area contributed by atoms with E-state index in [0.29, 0.717) is 35.5 Å². The molecule has 31 heavy (non-hydrogen) atoms. The Morgan fingerprint density at radius 1 is 1.23 bits per heavy atom. The average Bonchev–Trinajstić information content (AvgIpc) is 3.13. The summed E-state index contributed by atoms with van der Waals surface area (Å²) < 4.78 is 7.30. The standard InChI is InChI=1S/C24H25N3O4/c1-4-17-18(24(5-2,14(3)28)31-21(29)12-25)11-20-22-16(13-27(20)23(17)30)10-15-8-6-7-9-19(15)26-22/h6-11H,4-5,12-13,25H2,1-3H3/t24-/m1/s1. The molecule has 3 heterocycles. The molecule has 2 aromatic heterocycles. The molecule has 0 radical (unpaired) electrons. The summed E-state index contributed by atoms with van der Waals surface area (Å²) in [5, 5.41) is 1.00. The molecule has 0 bridgehead atoms. The molecule has 0 saturated carbocycles. The molecule has 0 unspecified atom stereocenters. The maximum absolute atomic E-state index is 13.5. The van der Waals surface area contributed by atoms with Gasteiger partial charge in [0.05, 0.1) is 30.0 Å². The first-order chi connectivity index (χ1) is 14.9. The van der Waals surface area contributed by atoms with Crippen molar-refractivity contribution in [2.24, 2.45) is 5.73 Å². The van der Waals surface area contributed by atoms with Crippen molar-refractivity contribution >= 4 is 22.7 Å². The summed E-state index contributed by atoms with van der Waals surface area (Å²) in [6.45, 7) is 5.05. The lowest BCUT2D eigenvalue weighted by atomic mass is 9.83. The van der Waals surface area contributed by atoms with Gasteiger partial charge in [0.1, 0.15) is 0 Å². The quantitative estimate of drug-likeness (QED) is 0.482. The Morgan fingerprint density at radius 3 is 2.61 bits per heavy atom. The maximum atomic E-state index is 13.5. The van der Waals surface area contributed by atoms with Crippen molar-refractivity contribution < 1.29 is 14.3 Å². The molecule has 1 aliphatic heterocycles. The predicted molar refractivity (Wildman–Crippen MR) is 118 cm³/mol. The van der Waals surface area contributed by atoms with Gasteiger partial charge in [0, 0.05) is 22.1 Å². The Balaban J connectivity index is 2.01. The molecule has 1 aliphatic rings. The highest BCUT2D eigenvalue weighted by Crippen LogP contribution is 2.38. The van der Waals surface area contributed by atoms with Gasteiger partial charge in [-0.15, -0.1) is 0 Å². The lowest BCUT2D eigenvalue weighted by Gasteiger charge is -2.32. The van der Waals surface area contributed by atoms with Crippen molar-refractivity contribution in [2.75, 3.05) is 6.54 Å². The number of hydrogen-bond donors (Lipinski definition) is 1. The van der Waals surface area contributed by atoms with Gasteiger partial charge in [-0.1, -0.05) is 32.0 Å². The van der Waals surface area contributed by atoms with Crippen LogP contribution in [0.3, 0.4) is 0 Å². The minimum absolute atomic E-state index is 0.195. The van der Waals surface area contributed by atoms with Crippen LogP contribution in [-0.4, -0.2) is 27.8 Å². The largest absolute Gasteiger partial charge is 0.445 e. The van der Waals surface area contributed by atoms with Crippen LogP contribution in [0.4, 0.5) is 0 Å². The number of hydrogen-bond acceptors (Lipinski definition) is 6. The van der Waals surface area contributed by atoms with E-state index in [2.05, 4.69) is 0 Å². The molecule has 0 aliphatic carbocycles. The third-order valence-electron chi connectivity index (χ3n) is 6.08. The predicted octanol–water partition coefficient (Wildman–Crippen LogP) is 2.68. The van der Waals surface area contributed by atoms with Gasteiger partial charge in [0.25, 0.3) is 5.56 Å². The van der Waals surface area contributed by atoms with Crippen LogP contribution in [0, 0.1) is 0 Å². The monoisotopic (exact) mass is 419 g/mol. The summed E-state index contributed by atoms with van der Waals surface area (Å²) in [7, 11) is 0. The molecule has 1 atom stereocenters. The third-order valence-corrected chi connectivity index (χ3v) is 6.08. The van der Waals surface area contributed by atoms with Gasteiger partial charge in [-0.25, -0.2) is 4.98 Å². The van der Waals surface area contributed by atoms with Gasteiger partial charge in [-0.2, -0.15) is 0 Å². The van der Waals surface area contributed by atoms with Gasteiger partial charge < -0.3 is 15.0 Å². The second kappa shape index (κ2) is 7.74. The number of carbonyl (C=O) groups is 2. The van der Waals surface area contributed by atoms with E-state index in [4.69, 9.17) is 15.5 Å². The zero-order valence-electron chi connectivity index (χ0n) is 17.9. The number of esters is 1. The van der Waals surface area contributed by atoms with E-state index in [1.54, 1.807) is 17.6 Å². The number of nitrogens with two attached hydrogens (primary N) is 1. The zero-order valence-corrected chi connectivity index (χ0v) is 17.9. The molecule has 7 nitrogen and oxygen atoms in total. The summed E-state index contributed by atoms with van der Waals surface area (Å²) in [6.07, 6.45) is 0.595. The number of ketones is 1. The average molecular weight is 419 g/mol. The van der Waals surface area contributed by atoms with Crippen LogP contribution in [0.1, 0.15) is 43.9 Å². The number of para-hydroxylation sites is 1. The van der Waals surface area contributed by atoms with E-state index < -0.39 is 11.6 Å². The van der Waals surface area contributed by atoms with E-state index in [-0.39, 0.29) is 24.3 Å². The number of carbonyl (C=O) groups excluding carboxylic acids is 2. The molecule has 0 amide bonds. The van der Waals surface area contributed by atoms with Crippen LogP contribution in [0.15, 0.2) is 41.2 Å². The van der Waals surface area contributed by atoms with Crippen LogP contribution in [-0.2, 0) is 32.9 Å². The first kappa shape index (κ1) is 20.9. The Hall–Kier alpha value is -3.32. The van der Waals surface area contributed by atoms with E-state index in [1.165, 1.54) is 6.92 Å². The van der Waals surface area contributed by atoms with Crippen LogP contribution in [0.25, 0.3) is 22.3 Å². The first-order valence-corrected chi connectivity index (χ1v) is 10.5. The molecular formula is C24H25N3O4. The molecule has 7 heteroatoms. The Labute approximate surface area is 179 Å². The summed E-state index contributed by atoms with van der Waals surface area (Å²) in [5.74, 6) is -1.04. The fraction of sp³-hybridized carbons (Fsp3) is 0.333. The highest BCUT2D eigenvalue weighted by atomic mass is 16.6. The molecular weight excluding hydrogens is 394 g/mol. The minimum Gasteiger partial charge on any atom is -0.445 e. The van der Waals surface area contributed by atoms with E-state index in [0.717, 1.165) is 16.5 Å². The van der Waals surface area contributed by atoms with Crippen LogP contribution in [0.5, 0.6) is 0 Å². The SMILES string of the molecule is CCc1c([C@](CC)(OC(=O)CN)C(C)=O)cc2n(c1=O)Cc1cc3ccccc3nc1-2. The van der Waals surface area contributed by atoms with Crippen molar-refractivity contribution in [1.29, 1.82) is 0 Å². The third kappa shape index (κ3) is 3.16. The Bertz CT molecular complexity index is 1280. The number of nitrogens with zero attached hydrogens (tertiary/aromatic N) is 2. The molecule has 160 valence electrons. The second-order valence-corrected chi connectivity index (χ2v) is 7.77. The lowest BCUT2D eigenvalue weighted by Crippen LogP contribution is -2.43. The highest BCUT2D eigenvalue weighted by molar-refractivity contribution is 5.90. The van der Waals surface area contributed by atoms with E-state index in [1.807, 2.05) is 37.3 Å². The Morgan fingerprint density at radius 2 is 1.97 bits per heavy atom. The van der Waals surface area contributed by atoms with E-state index >= 15 is 0 Å². The highest BCUT2D eigenvalue weighted by Gasteiger charge is 2.43.